The monoisotopic (exact) mass is 748 g/mol. The van der Waals surface area contributed by atoms with E-state index in [9.17, 15) is 54.3 Å². The van der Waals surface area contributed by atoms with E-state index in [1.54, 1.807) is 27.7 Å². The van der Waals surface area contributed by atoms with Crippen molar-refractivity contribution in [1.29, 1.82) is 0 Å². The highest BCUT2D eigenvalue weighted by molar-refractivity contribution is 8.01. The number of hydrogen-bond donors (Lipinski definition) is 11. The average Bonchev–Trinajstić information content (AvgIpc) is 3.55. The summed E-state index contributed by atoms with van der Waals surface area (Å²) in [7, 11) is 0. The first-order chi connectivity index (χ1) is 23.7. The van der Waals surface area contributed by atoms with Crippen LogP contribution in [0.25, 0.3) is 0 Å². The Morgan fingerprint density at radius 2 is 1.06 bits per heavy atom. The van der Waals surface area contributed by atoms with Gasteiger partial charge in [-0.25, -0.2) is 4.79 Å². The van der Waals surface area contributed by atoms with Gasteiger partial charge in [0.1, 0.15) is 41.7 Å². The van der Waals surface area contributed by atoms with Crippen LogP contribution in [0.5, 0.6) is 11.5 Å². The Hall–Kier alpha value is -4.56. The van der Waals surface area contributed by atoms with Crippen LogP contribution in [0, 0.1) is 0 Å². The number of carbonyl (C=O) groups is 6. The first kappa shape index (κ1) is 39.2. The molecule has 12 N–H and O–H groups in total. The van der Waals surface area contributed by atoms with E-state index in [0.29, 0.717) is 0 Å². The molecule has 51 heavy (non-hydrogen) atoms. The molecule has 4 rings (SSSR count). The van der Waals surface area contributed by atoms with Crippen molar-refractivity contribution in [3.63, 3.8) is 0 Å². The molecule has 2 aromatic carbocycles. The molecular formula is C32H40N6O11S2. The zero-order chi connectivity index (χ0) is 38.0. The fourth-order valence-corrected chi connectivity index (χ4v) is 8.69. The van der Waals surface area contributed by atoms with Crippen LogP contribution in [0.2, 0.25) is 0 Å². The van der Waals surface area contributed by atoms with Crippen LogP contribution in [0.4, 0.5) is 0 Å². The number of carboxylic acids is 3. The predicted molar refractivity (Wildman–Crippen MR) is 186 cm³/mol. The number of nitrogens with one attached hydrogen (secondary N) is 5. The molecular weight excluding hydrogens is 709 g/mol. The highest BCUT2D eigenvalue weighted by Gasteiger charge is 2.51. The van der Waals surface area contributed by atoms with Gasteiger partial charge < -0.3 is 47.2 Å². The summed E-state index contributed by atoms with van der Waals surface area (Å²) in [4.78, 5) is 77.8. The van der Waals surface area contributed by atoms with Crippen molar-refractivity contribution in [2.75, 3.05) is 0 Å². The maximum atomic E-state index is 14.2. The van der Waals surface area contributed by atoms with Crippen molar-refractivity contribution in [2.24, 2.45) is 5.73 Å². The Balaban J connectivity index is 1.66. The number of phenols is 2. The Bertz CT molecular complexity index is 1670. The number of nitrogens with two attached hydrogens (primary N) is 1. The summed E-state index contributed by atoms with van der Waals surface area (Å²) in [5.74, 6) is -7.03. The van der Waals surface area contributed by atoms with Crippen molar-refractivity contribution in [3.05, 3.63) is 59.7 Å². The maximum absolute atomic E-state index is 14.2. The minimum atomic E-state index is -1.68. The Morgan fingerprint density at radius 1 is 0.647 bits per heavy atom. The fraction of sp³-hybridized carbons (Fsp3) is 0.438. The van der Waals surface area contributed by atoms with Crippen LogP contribution in [0.15, 0.2) is 48.5 Å². The third-order valence-corrected chi connectivity index (χ3v) is 11.5. The second-order valence-corrected chi connectivity index (χ2v) is 16.7. The molecule has 2 saturated heterocycles. The summed E-state index contributed by atoms with van der Waals surface area (Å²) < 4.78 is -1.94. The van der Waals surface area contributed by atoms with E-state index in [2.05, 4.69) is 26.6 Å². The van der Waals surface area contributed by atoms with Crippen LogP contribution >= 0.6 is 23.5 Å². The highest BCUT2D eigenvalue weighted by atomic mass is 32.2. The topological polar surface area (TPSA) is 290 Å². The number of phenolic OH excluding ortho intramolecular Hbond substituents is 2. The number of carbonyl (C=O) groups excluding carboxylic acids is 3. The zero-order valence-electron chi connectivity index (χ0n) is 27.8. The van der Waals surface area contributed by atoms with Gasteiger partial charge >= 0.3 is 17.9 Å². The average molecular weight is 749 g/mol. The van der Waals surface area contributed by atoms with Crippen LogP contribution in [0.3, 0.4) is 0 Å². The lowest BCUT2D eigenvalue weighted by Crippen LogP contribution is -2.60. The lowest BCUT2D eigenvalue weighted by molar-refractivity contribution is -0.143. The van der Waals surface area contributed by atoms with Gasteiger partial charge in [0.05, 0.1) is 10.7 Å². The van der Waals surface area contributed by atoms with Crippen LogP contribution in [-0.4, -0.2) is 106 Å². The van der Waals surface area contributed by atoms with E-state index in [0.717, 1.165) is 23.5 Å². The highest BCUT2D eigenvalue weighted by Crippen LogP contribution is 2.40. The number of rotatable bonds is 13. The summed E-state index contributed by atoms with van der Waals surface area (Å²) in [6, 6.07) is 2.02. The second kappa shape index (κ2) is 15.4. The summed E-state index contributed by atoms with van der Waals surface area (Å²) in [6.45, 7) is 6.48. The van der Waals surface area contributed by atoms with E-state index in [4.69, 9.17) is 5.73 Å². The maximum Gasteiger partial charge on any atom is 0.328 e. The van der Waals surface area contributed by atoms with E-state index < -0.39 is 92.1 Å². The molecule has 2 heterocycles. The molecule has 0 aromatic heterocycles. The van der Waals surface area contributed by atoms with Crippen molar-refractivity contribution >= 4 is 59.2 Å². The minimum Gasteiger partial charge on any atom is -0.508 e. The van der Waals surface area contributed by atoms with Gasteiger partial charge in [-0.2, -0.15) is 0 Å². The van der Waals surface area contributed by atoms with Gasteiger partial charge in [-0.1, -0.05) is 24.3 Å². The van der Waals surface area contributed by atoms with Crippen LogP contribution in [-0.2, 0) is 28.8 Å². The SMILES string of the molecule is CC1(C)S[C@H]([C@H](NC(=O)[C@H](NC(=O)[C@H](NC(=O)C(N)c2ccc(O)cc2)[C@@H]2N[C@@H](C(=O)O)C(C)(C)S2)c2ccc(O)cc2)C(=O)O)N[C@H]1C(=O)O. The number of aromatic hydroxyl groups is 2. The summed E-state index contributed by atoms with van der Waals surface area (Å²) in [5, 5.41) is 60.0. The third-order valence-electron chi connectivity index (χ3n) is 8.47. The third kappa shape index (κ3) is 9.03. The smallest absolute Gasteiger partial charge is 0.328 e. The summed E-state index contributed by atoms with van der Waals surface area (Å²) >= 11 is 2.05. The molecule has 276 valence electrons. The fourth-order valence-electron chi connectivity index (χ4n) is 5.71. The van der Waals surface area contributed by atoms with Crippen molar-refractivity contribution in [1.82, 2.24) is 26.6 Å². The lowest BCUT2D eigenvalue weighted by atomic mass is 10.0. The number of aliphatic carboxylic acids is 3. The van der Waals surface area contributed by atoms with Gasteiger partial charge in [-0.15, -0.1) is 23.5 Å². The standard InChI is InChI=1S/C32H40N6O11S2/c1-31(2)21(29(46)47)37-26(50-31)19(35-23(41)17(33)13-5-9-15(39)10-6-13)25(43)34-18(14-7-11-16(40)12-8-14)24(42)36-20(28(44)45)27-38-22(30(48)49)32(3,4)51-27/h5-12,17-22,26-27,37-40H,33H2,1-4H3,(H,34,43)(H,35,41)(H,36,42)(H,44,45)(H,46,47)(H,48,49)/t17?,18-,19+,20+,21+,22+,26-,27-/m1/s1. The molecule has 2 aliphatic heterocycles. The van der Waals surface area contributed by atoms with Gasteiger partial charge in [0, 0.05) is 9.49 Å². The predicted octanol–water partition coefficient (Wildman–Crippen LogP) is -0.202. The van der Waals surface area contributed by atoms with Gasteiger partial charge in [-0.05, 0) is 63.1 Å². The molecule has 3 amide bonds. The van der Waals surface area contributed by atoms with Gasteiger partial charge in [0.2, 0.25) is 17.7 Å². The Labute approximate surface area is 300 Å². The van der Waals surface area contributed by atoms with Crippen LogP contribution < -0.4 is 32.3 Å². The first-order valence-corrected chi connectivity index (χ1v) is 17.3. The molecule has 17 nitrogen and oxygen atoms in total. The molecule has 2 fully saturated rings. The molecule has 2 aromatic rings. The quantitative estimate of drug-likeness (QED) is 0.126. The second-order valence-electron chi connectivity index (χ2n) is 13.1. The van der Waals surface area contributed by atoms with E-state index in [1.807, 2.05) is 0 Å². The van der Waals surface area contributed by atoms with Crippen molar-refractivity contribution < 1.29 is 54.3 Å². The van der Waals surface area contributed by atoms with Gasteiger partial charge in [0.15, 0.2) is 6.04 Å². The molecule has 0 bridgehead atoms. The molecule has 0 aliphatic carbocycles. The number of hydrogen-bond acceptors (Lipinski definition) is 13. The molecule has 0 spiro atoms. The largest absolute Gasteiger partial charge is 0.508 e. The van der Waals surface area contributed by atoms with E-state index >= 15 is 0 Å². The number of thioether (sulfide) groups is 2. The van der Waals surface area contributed by atoms with Crippen molar-refractivity contribution in [2.45, 2.75) is 84.2 Å². The molecule has 19 heteroatoms. The van der Waals surface area contributed by atoms with Crippen LogP contribution in [0.1, 0.15) is 50.9 Å². The minimum absolute atomic E-state index is 0.0754. The number of carboxylic acid groups (broad SMARTS) is 3. The van der Waals surface area contributed by atoms with Gasteiger partial charge in [0.25, 0.3) is 0 Å². The summed E-state index contributed by atoms with van der Waals surface area (Å²) in [6.07, 6.45) is 0. The molecule has 0 radical (unpaired) electrons. The number of amides is 3. The van der Waals surface area contributed by atoms with Crippen molar-refractivity contribution in [3.8, 4) is 11.5 Å². The number of benzene rings is 2. The zero-order valence-corrected chi connectivity index (χ0v) is 29.5. The molecule has 1 unspecified atom stereocenters. The first-order valence-electron chi connectivity index (χ1n) is 15.5. The molecule has 8 atom stereocenters. The molecule has 0 saturated carbocycles. The Morgan fingerprint density at radius 3 is 1.47 bits per heavy atom. The van der Waals surface area contributed by atoms with E-state index in [1.165, 1.54) is 48.5 Å². The molecule has 2 aliphatic rings. The Kier molecular flexibility index (Phi) is 11.8. The lowest BCUT2D eigenvalue weighted by Gasteiger charge is -2.29. The van der Waals surface area contributed by atoms with Gasteiger partial charge in [-0.3, -0.25) is 34.6 Å². The van der Waals surface area contributed by atoms with E-state index in [-0.39, 0.29) is 22.6 Å². The summed E-state index contributed by atoms with van der Waals surface area (Å²) in [5.41, 5.74) is 6.56. The normalized spacial score (nSPS) is 24.3.